The van der Waals surface area contributed by atoms with Crippen LogP contribution in [0.4, 0.5) is 4.39 Å². The number of H-pyrrole nitrogens is 2. The van der Waals surface area contributed by atoms with Gasteiger partial charge in [0.25, 0.3) is 0 Å². The standard InChI is InChI=1S/C33H33FN8O/c1-2-35-18-21-13-23(20-36-19-21)27-5-6-29-32(39-27)33(41-40-29)30-17-26-28(38-30)7-8-37-31(26)22-14-24(34)16-25(15-22)43-12-11-42-9-3-4-10-42/h5-8,13-17,19-20,35,38H,2-4,9-12,18H2,1H3,(H,40,41). The molecule has 0 unspecified atom stereocenters. The zero-order valence-electron chi connectivity index (χ0n) is 24.0. The smallest absolute Gasteiger partial charge is 0.135 e. The van der Waals surface area contributed by atoms with E-state index < -0.39 is 0 Å². The van der Waals surface area contributed by atoms with Crippen LogP contribution in [-0.2, 0) is 6.54 Å². The molecular formula is C33H33FN8O. The van der Waals surface area contributed by atoms with Crippen molar-refractivity contribution in [3.05, 3.63) is 78.5 Å². The van der Waals surface area contributed by atoms with Crippen molar-refractivity contribution in [2.45, 2.75) is 26.3 Å². The average Bonchev–Trinajstić information content (AvgIpc) is 3.79. The third kappa shape index (κ3) is 5.71. The van der Waals surface area contributed by atoms with Crippen LogP contribution < -0.4 is 10.1 Å². The summed E-state index contributed by atoms with van der Waals surface area (Å²) in [5.74, 6) is 0.144. The predicted octanol–water partition coefficient (Wildman–Crippen LogP) is 5.95. The molecule has 218 valence electrons. The first-order valence-electron chi connectivity index (χ1n) is 14.8. The molecule has 0 saturated carbocycles. The summed E-state index contributed by atoms with van der Waals surface area (Å²) < 4.78 is 20.7. The van der Waals surface area contributed by atoms with E-state index in [-0.39, 0.29) is 5.82 Å². The van der Waals surface area contributed by atoms with Crippen molar-refractivity contribution >= 4 is 21.9 Å². The van der Waals surface area contributed by atoms with Crippen molar-refractivity contribution in [2.24, 2.45) is 0 Å². The van der Waals surface area contributed by atoms with Crippen LogP contribution in [-0.4, -0.2) is 67.8 Å². The Kier molecular flexibility index (Phi) is 7.53. The molecule has 6 aromatic rings. The number of hydrogen-bond donors (Lipinski definition) is 3. The molecule has 1 fully saturated rings. The number of nitrogens with zero attached hydrogens (tertiary/aromatic N) is 5. The summed E-state index contributed by atoms with van der Waals surface area (Å²) in [6.07, 6.45) is 7.88. The van der Waals surface area contributed by atoms with E-state index >= 15 is 0 Å². The molecule has 1 aliphatic rings. The van der Waals surface area contributed by atoms with Gasteiger partial charge < -0.3 is 15.0 Å². The molecule has 5 aromatic heterocycles. The summed E-state index contributed by atoms with van der Waals surface area (Å²) in [5, 5.41) is 11.9. The summed E-state index contributed by atoms with van der Waals surface area (Å²) in [4.78, 5) is 19.9. The highest BCUT2D eigenvalue weighted by atomic mass is 19.1. The molecule has 0 aliphatic carbocycles. The summed E-state index contributed by atoms with van der Waals surface area (Å²) in [6.45, 7) is 7.28. The first-order chi connectivity index (χ1) is 21.1. The molecule has 0 radical (unpaired) electrons. The van der Waals surface area contributed by atoms with E-state index in [0.717, 1.165) is 77.2 Å². The van der Waals surface area contributed by atoms with Crippen LogP contribution in [0.1, 0.15) is 25.3 Å². The Morgan fingerprint density at radius 2 is 1.88 bits per heavy atom. The van der Waals surface area contributed by atoms with Gasteiger partial charge in [0.2, 0.25) is 0 Å². The molecular weight excluding hydrogens is 543 g/mol. The number of benzene rings is 1. The maximum atomic E-state index is 14.8. The Morgan fingerprint density at radius 1 is 0.977 bits per heavy atom. The Balaban J connectivity index is 1.20. The molecule has 1 aromatic carbocycles. The van der Waals surface area contributed by atoms with Gasteiger partial charge in [-0.15, -0.1) is 0 Å². The maximum Gasteiger partial charge on any atom is 0.135 e. The summed E-state index contributed by atoms with van der Waals surface area (Å²) in [7, 11) is 0. The monoisotopic (exact) mass is 576 g/mol. The number of hydrogen-bond acceptors (Lipinski definition) is 7. The quantitative estimate of drug-likeness (QED) is 0.185. The zero-order valence-corrected chi connectivity index (χ0v) is 24.0. The van der Waals surface area contributed by atoms with Gasteiger partial charge in [-0.3, -0.25) is 20.0 Å². The van der Waals surface area contributed by atoms with E-state index in [4.69, 9.17) is 9.72 Å². The predicted molar refractivity (Wildman–Crippen MR) is 166 cm³/mol. The normalized spacial score (nSPS) is 13.8. The van der Waals surface area contributed by atoms with Crippen LogP contribution in [0.3, 0.4) is 0 Å². The lowest BCUT2D eigenvalue weighted by atomic mass is 10.1. The Labute approximate surface area is 248 Å². The topological polar surface area (TPSA) is 108 Å². The van der Waals surface area contributed by atoms with E-state index in [9.17, 15) is 4.39 Å². The van der Waals surface area contributed by atoms with Crippen molar-refractivity contribution in [3.63, 3.8) is 0 Å². The minimum Gasteiger partial charge on any atom is -0.492 e. The fraction of sp³-hybridized carbons (Fsp3) is 0.273. The van der Waals surface area contributed by atoms with Crippen molar-refractivity contribution in [2.75, 3.05) is 32.8 Å². The molecule has 0 bridgehead atoms. The van der Waals surface area contributed by atoms with Crippen molar-refractivity contribution < 1.29 is 9.13 Å². The van der Waals surface area contributed by atoms with Gasteiger partial charge in [-0.05, 0) is 80.5 Å². The van der Waals surface area contributed by atoms with Gasteiger partial charge in [-0.1, -0.05) is 6.92 Å². The second-order valence-corrected chi connectivity index (χ2v) is 10.9. The van der Waals surface area contributed by atoms with Gasteiger partial charge in [-0.25, -0.2) is 9.37 Å². The third-order valence-corrected chi connectivity index (χ3v) is 7.90. The SMILES string of the molecule is CCNCc1cncc(-c2ccc3[nH]nc(-c4cc5c(-c6cc(F)cc(OCCN7CCCC7)c6)nccc5[nH]4)c3n2)c1. The molecule has 43 heavy (non-hydrogen) atoms. The number of pyridine rings is 3. The lowest BCUT2D eigenvalue weighted by Crippen LogP contribution is -2.25. The minimum absolute atomic E-state index is 0.359. The lowest BCUT2D eigenvalue weighted by Gasteiger charge is -2.15. The summed E-state index contributed by atoms with van der Waals surface area (Å²) in [5.41, 5.74) is 8.11. The molecule has 0 spiro atoms. The number of aromatic amines is 2. The summed E-state index contributed by atoms with van der Waals surface area (Å²) in [6, 6.07) is 14.8. The number of nitrogens with one attached hydrogen (secondary N) is 3. The fourth-order valence-electron chi connectivity index (χ4n) is 5.73. The molecule has 1 aliphatic heterocycles. The fourth-order valence-corrected chi connectivity index (χ4v) is 5.73. The van der Waals surface area contributed by atoms with Crippen molar-refractivity contribution in [3.8, 4) is 39.7 Å². The molecule has 10 heteroatoms. The van der Waals surface area contributed by atoms with E-state index in [1.165, 1.54) is 25.0 Å². The highest BCUT2D eigenvalue weighted by Gasteiger charge is 2.17. The number of halogens is 1. The van der Waals surface area contributed by atoms with Crippen LogP contribution in [0.5, 0.6) is 5.75 Å². The largest absolute Gasteiger partial charge is 0.492 e. The maximum absolute atomic E-state index is 14.8. The lowest BCUT2D eigenvalue weighted by molar-refractivity contribution is 0.237. The highest BCUT2D eigenvalue weighted by molar-refractivity contribution is 5.99. The second kappa shape index (κ2) is 11.9. The first kappa shape index (κ1) is 27.2. The van der Waals surface area contributed by atoms with Crippen LogP contribution in [0.25, 0.3) is 55.8 Å². The minimum atomic E-state index is -0.359. The molecule has 7 rings (SSSR count). The number of rotatable bonds is 10. The van der Waals surface area contributed by atoms with E-state index in [1.807, 2.05) is 42.7 Å². The molecule has 0 amide bonds. The van der Waals surface area contributed by atoms with Crippen molar-refractivity contribution in [1.29, 1.82) is 0 Å². The van der Waals surface area contributed by atoms with Gasteiger partial charge in [0.05, 0.1) is 22.6 Å². The van der Waals surface area contributed by atoms with E-state index in [1.54, 1.807) is 6.20 Å². The average molecular weight is 577 g/mol. The van der Waals surface area contributed by atoms with Gasteiger partial charge >= 0.3 is 0 Å². The molecule has 9 nitrogen and oxygen atoms in total. The van der Waals surface area contributed by atoms with Crippen LogP contribution in [0.15, 0.2) is 67.1 Å². The Bertz CT molecular complexity index is 1890. The number of likely N-dealkylation sites (tertiary alicyclic amines) is 1. The van der Waals surface area contributed by atoms with Gasteiger partial charge in [0.15, 0.2) is 0 Å². The van der Waals surface area contributed by atoms with Crippen LogP contribution >= 0.6 is 0 Å². The van der Waals surface area contributed by atoms with Crippen LogP contribution in [0.2, 0.25) is 0 Å². The number of fused-ring (bicyclic) bond motifs is 2. The molecule has 3 N–H and O–H groups in total. The third-order valence-electron chi connectivity index (χ3n) is 7.90. The molecule has 1 saturated heterocycles. The van der Waals surface area contributed by atoms with Crippen LogP contribution in [0, 0.1) is 5.82 Å². The molecule has 0 atom stereocenters. The van der Waals surface area contributed by atoms with Gasteiger partial charge in [0, 0.05) is 59.8 Å². The Hall–Kier alpha value is -4.67. The van der Waals surface area contributed by atoms with Gasteiger partial charge in [0.1, 0.15) is 29.4 Å². The number of ether oxygens (including phenoxy) is 1. The second-order valence-electron chi connectivity index (χ2n) is 10.9. The van der Waals surface area contributed by atoms with Crippen molar-refractivity contribution in [1.82, 2.24) is 40.3 Å². The first-order valence-corrected chi connectivity index (χ1v) is 14.8. The number of aromatic nitrogens is 6. The Morgan fingerprint density at radius 3 is 2.77 bits per heavy atom. The molecule has 6 heterocycles. The van der Waals surface area contributed by atoms with E-state index in [0.29, 0.717) is 29.3 Å². The zero-order chi connectivity index (χ0) is 29.2. The summed E-state index contributed by atoms with van der Waals surface area (Å²) >= 11 is 0. The highest BCUT2D eigenvalue weighted by Crippen LogP contribution is 2.34. The van der Waals surface area contributed by atoms with Gasteiger partial charge in [-0.2, -0.15) is 5.10 Å². The van der Waals surface area contributed by atoms with E-state index in [2.05, 4.69) is 48.4 Å².